The molecule has 1 aromatic heterocycles. The number of hydrogen-bond acceptors (Lipinski definition) is 4. The molecule has 0 bridgehead atoms. The fourth-order valence-corrected chi connectivity index (χ4v) is 1.05. The molecule has 6 nitrogen and oxygen atoms in total. The third kappa shape index (κ3) is 2.15. The minimum Gasteiger partial charge on any atom is -0.325 e. The number of nitro groups is 1. The molecule has 8 heteroatoms. The lowest BCUT2D eigenvalue weighted by Gasteiger charge is -2.02. The van der Waals surface area contributed by atoms with Crippen molar-refractivity contribution in [2.45, 2.75) is 13.0 Å². The Morgan fingerprint density at radius 2 is 2.20 bits per heavy atom. The van der Waals surface area contributed by atoms with E-state index in [1.807, 2.05) is 4.98 Å². The van der Waals surface area contributed by atoms with Crippen molar-refractivity contribution in [2.24, 2.45) is 5.73 Å². The van der Waals surface area contributed by atoms with Gasteiger partial charge in [0.1, 0.15) is 5.69 Å². The number of aromatic amines is 1. The van der Waals surface area contributed by atoms with Crippen LogP contribution in [-0.2, 0) is 6.54 Å². The second-order valence-corrected chi connectivity index (χ2v) is 2.68. The van der Waals surface area contributed by atoms with Crippen LogP contribution >= 0.6 is 0 Å². The van der Waals surface area contributed by atoms with Crippen LogP contribution < -0.4 is 11.3 Å². The van der Waals surface area contributed by atoms with Crippen LogP contribution in [-0.4, -0.2) is 9.91 Å². The van der Waals surface area contributed by atoms with E-state index in [0.29, 0.717) is 6.07 Å². The van der Waals surface area contributed by atoms with Crippen molar-refractivity contribution in [1.29, 1.82) is 0 Å². The Balaban J connectivity index is 3.44. The molecular formula is C7H7F2N3O3. The number of nitrogens with zero attached hydrogens (tertiary/aromatic N) is 1. The molecule has 0 fully saturated rings. The largest absolute Gasteiger partial charge is 0.325 e. The summed E-state index contributed by atoms with van der Waals surface area (Å²) < 4.78 is 24.5. The van der Waals surface area contributed by atoms with Gasteiger partial charge in [-0.2, -0.15) is 0 Å². The van der Waals surface area contributed by atoms with Gasteiger partial charge in [-0.05, 0) is 0 Å². The minimum absolute atomic E-state index is 0.172. The number of hydrogen-bond donors (Lipinski definition) is 2. The summed E-state index contributed by atoms with van der Waals surface area (Å²) in [4.78, 5) is 22.5. The average molecular weight is 219 g/mol. The van der Waals surface area contributed by atoms with Crippen molar-refractivity contribution in [3.63, 3.8) is 0 Å². The first-order valence-corrected chi connectivity index (χ1v) is 3.86. The van der Waals surface area contributed by atoms with Crippen LogP contribution in [0.5, 0.6) is 0 Å². The topological polar surface area (TPSA) is 102 Å². The van der Waals surface area contributed by atoms with Gasteiger partial charge in [-0.1, -0.05) is 0 Å². The molecule has 0 unspecified atom stereocenters. The molecule has 82 valence electrons. The molecule has 0 aliphatic carbocycles. The summed E-state index contributed by atoms with van der Waals surface area (Å²) >= 11 is 0. The van der Waals surface area contributed by atoms with Crippen molar-refractivity contribution in [2.75, 3.05) is 0 Å². The first kappa shape index (κ1) is 11.2. The third-order valence-corrected chi connectivity index (χ3v) is 1.76. The Kier molecular flexibility index (Phi) is 3.10. The van der Waals surface area contributed by atoms with Crippen LogP contribution in [0, 0.1) is 10.1 Å². The van der Waals surface area contributed by atoms with Gasteiger partial charge in [0.15, 0.2) is 0 Å². The second kappa shape index (κ2) is 4.13. The molecule has 3 N–H and O–H groups in total. The molecule has 0 aromatic carbocycles. The van der Waals surface area contributed by atoms with Crippen LogP contribution in [0.2, 0.25) is 0 Å². The minimum atomic E-state index is -3.06. The molecule has 0 radical (unpaired) electrons. The van der Waals surface area contributed by atoms with Crippen molar-refractivity contribution in [3.05, 3.63) is 37.8 Å². The molecule has 0 atom stereocenters. The number of rotatable bonds is 3. The number of H-pyrrole nitrogens is 1. The Labute approximate surface area is 81.9 Å². The summed E-state index contributed by atoms with van der Waals surface area (Å²) in [5, 5.41) is 10.4. The molecular weight excluding hydrogens is 212 g/mol. The summed E-state index contributed by atoms with van der Waals surface area (Å²) in [7, 11) is 0. The van der Waals surface area contributed by atoms with Gasteiger partial charge in [-0.25, -0.2) is 8.78 Å². The Bertz CT molecular complexity index is 444. The van der Waals surface area contributed by atoms with E-state index in [0.717, 1.165) is 0 Å². The van der Waals surface area contributed by atoms with Crippen LogP contribution in [0.1, 0.15) is 17.7 Å². The SMILES string of the molecule is NCc1[nH]c(=O)c(C(F)F)cc1[N+](=O)[O-]. The quantitative estimate of drug-likeness (QED) is 0.576. The van der Waals surface area contributed by atoms with Crippen molar-refractivity contribution in [3.8, 4) is 0 Å². The lowest BCUT2D eigenvalue weighted by atomic mass is 10.2. The number of nitrogens with two attached hydrogens (primary N) is 1. The summed E-state index contributed by atoms with van der Waals surface area (Å²) in [6.45, 7) is -0.297. The van der Waals surface area contributed by atoms with E-state index >= 15 is 0 Å². The Morgan fingerprint density at radius 1 is 1.60 bits per heavy atom. The van der Waals surface area contributed by atoms with Gasteiger partial charge in [0.05, 0.1) is 10.5 Å². The van der Waals surface area contributed by atoms with E-state index in [1.54, 1.807) is 0 Å². The zero-order valence-electron chi connectivity index (χ0n) is 7.37. The highest BCUT2D eigenvalue weighted by Gasteiger charge is 2.21. The van der Waals surface area contributed by atoms with Gasteiger partial charge in [0, 0.05) is 12.6 Å². The number of nitrogens with one attached hydrogen (secondary N) is 1. The van der Waals surface area contributed by atoms with E-state index in [4.69, 9.17) is 5.73 Å². The lowest BCUT2D eigenvalue weighted by molar-refractivity contribution is -0.386. The smallest absolute Gasteiger partial charge is 0.290 e. The number of halogens is 2. The average Bonchev–Trinajstić information content (AvgIpc) is 2.16. The van der Waals surface area contributed by atoms with Crippen LogP contribution in [0.4, 0.5) is 14.5 Å². The van der Waals surface area contributed by atoms with E-state index < -0.39 is 28.2 Å². The van der Waals surface area contributed by atoms with Gasteiger partial charge in [-0.15, -0.1) is 0 Å². The van der Waals surface area contributed by atoms with Crippen molar-refractivity contribution < 1.29 is 13.7 Å². The van der Waals surface area contributed by atoms with Gasteiger partial charge in [0.2, 0.25) is 0 Å². The predicted octanol–water partition coefficient (Wildman–Crippen LogP) is 0.679. The summed E-state index contributed by atoms with van der Waals surface area (Å²) in [5.74, 6) is 0. The maximum absolute atomic E-state index is 12.2. The van der Waals surface area contributed by atoms with E-state index in [1.165, 1.54) is 0 Å². The number of alkyl halides is 2. The monoisotopic (exact) mass is 219 g/mol. The summed E-state index contributed by atoms with van der Waals surface area (Å²) in [6, 6.07) is 0.547. The van der Waals surface area contributed by atoms with Crippen LogP contribution in [0.3, 0.4) is 0 Å². The van der Waals surface area contributed by atoms with Gasteiger partial charge in [0.25, 0.3) is 17.7 Å². The molecule has 15 heavy (non-hydrogen) atoms. The normalized spacial score (nSPS) is 10.7. The standard InChI is InChI=1S/C7H7F2N3O3/c8-6(9)3-1-5(12(14)15)4(2-10)11-7(3)13/h1,6H,2,10H2,(H,11,13). The zero-order chi connectivity index (χ0) is 11.6. The molecule has 1 rings (SSSR count). The first-order chi connectivity index (χ1) is 6.97. The van der Waals surface area contributed by atoms with Gasteiger partial charge < -0.3 is 10.7 Å². The van der Waals surface area contributed by atoms with Gasteiger partial charge >= 0.3 is 0 Å². The molecule has 0 saturated heterocycles. The maximum Gasteiger partial charge on any atom is 0.290 e. The molecule has 1 aromatic rings. The van der Waals surface area contributed by atoms with Crippen molar-refractivity contribution in [1.82, 2.24) is 4.98 Å². The fraction of sp³-hybridized carbons (Fsp3) is 0.286. The molecule has 0 aliphatic rings. The third-order valence-electron chi connectivity index (χ3n) is 1.76. The summed E-state index contributed by atoms with van der Waals surface area (Å²) in [5.41, 5.74) is 2.35. The predicted molar refractivity (Wildman–Crippen MR) is 46.6 cm³/mol. The molecule has 1 heterocycles. The zero-order valence-corrected chi connectivity index (χ0v) is 7.37. The summed E-state index contributed by atoms with van der Waals surface area (Å²) in [6.07, 6.45) is -3.06. The maximum atomic E-state index is 12.2. The molecule has 0 spiro atoms. The van der Waals surface area contributed by atoms with Crippen LogP contribution in [0.25, 0.3) is 0 Å². The highest BCUT2D eigenvalue weighted by molar-refractivity contribution is 5.38. The highest BCUT2D eigenvalue weighted by atomic mass is 19.3. The van der Waals surface area contributed by atoms with Crippen molar-refractivity contribution >= 4 is 5.69 Å². The highest BCUT2D eigenvalue weighted by Crippen LogP contribution is 2.21. The molecule has 0 amide bonds. The molecule has 0 saturated carbocycles. The second-order valence-electron chi connectivity index (χ2n) is 2.68. The van der Waals surface area contributed by atoms with E-state index in [2.05, 4.69) is 0 Å². The van der Waals surface area contributed by atoms with E-state index in [-0.39, 0.29) is 12.2 Å². The Morgan fingerprint density at radius 3 is 2.60 bits per heavy atom. The lowest BCUT2D eigenvalue weighted by Crippen LogP contribution is -2.18. The van der Waals surface area contributed by atoms with Crippen LogP contribution in [0.15, 0.2) is 10.9 Å². The van der Waals surface area contributed by atoms with E-state index in [9.17, 15) is 23.7 Å². The Hall–Kier alpha value is -1.83. The fourth-order valence-electron chi connectivity index (χ4n) is 1.05. The number of pyridine rings is 1. The number of aromatic nitrogens is 1. The first-order valence-electron chi connectivity index (χ1n) is 3.86. The molecule has 0 aliphatic heterocycles. The van der Waals surface area contributed by atoms with Gasteiger partial charge in [-0.3, -0.25) is 14.9 Å².